The average Bonchev–Trinajstić information content (AvgIpc) is 3.07. The van der Waals surface area contributed by atoms with E-state index in [4.69, 9.17) is 9.47 Å². The molecule has 1 aromatic carbocycles. The first-order valence-electron chi connectivity index (χ1n) is 8.09. The number of nitrogens with zero attached hydrogens (tertiary/aromatic N) is 3. The second-order valence-corrected chi connectivity index (χ2v) is 5.44. The van der Waals surface area contributed by atoms with Crippen LogP contribution in [0.5, 0.6) is 11.5 Å². The molecule has 0 aliphatic rings. The first kappa shape index (κ1) is 16.8. The van der Waals surface area contributed by atoms with E-state index in [0.717, 1.165) is 24.3 Å². The number of aromatic nitrogens is 3. The third-order valence-corrected chi connectivity index (χ3v) is 3.71. The number of rotatable bonds is 8. The molecule has 130 valence electrons. The molecule has 0 aliphatic carbocycles. The summed E-state index contributed by atoms with van der Waals surface area (Å²) in [6.07, 6.45) is 3.44. The number of carbonyl (C=O) groups excluding carboxylic acids is 1. The van der Waals surface area contributed by atoms with E-state index in [0.29, 0.717) is 18.0 Å². The molecule has 0 saturated heterocycles. The highest BCUT2D eigenvalue weighted by Gasteiger charge is 2.07. The van der Waals surface area contributed by atoms with Gasteiger partial charge in [-0.25, -0.2) is 0 Å². The lowest BCUT2D eigenvalue weighted by Crippen LogP contribution is -2.30. The minimum atomic E-state index is -0.169. The molecule has 7 nitrogen and oxygen atoms in total. The standard InChI is InChI=1S/C18H20N4O3/c1-24-14-7-2-3-8-15(14)25-13-18(23)19-11-6-10-17-21-20-16-9-4-5-12-22(16)17/h2-5,7-9,12H,6,10-11,13H2,1H3,(H,19,23). The number of aryl methyl sites for hydroxylation is 1. The first-order chi connectivity index (χ1) is 12.3. The van der Waals surface area contributed by atoms with Crippen LogP contribution in [0.3, 0.4) is 0 Å². The minimum Gasteiger partial charge on any atom is -0.493 e. The summed E-state index contributed by atoms with van der Waals surface area (Å²) in [7, 11) is 1.57. The summed E-state index contributed by atoms with van der Waals surface area (Å²) in [5.74, 6) is 1.87. The van der Waals surface area contributed by atoms with Gasteiger partial charge < -0.3 is 14.8 Å². The van der Waals surface area contributed by atoms with E-state index in [1.807, 2.05) is 40.9 Å². The summed E-state index contributed by atoms with van der Waals surface area (Å²) in [6.45, 7) is 0.504. The lowest BCUT2D eigenvalue weighted by atomic mass is 10.3. The normalized spacial score (nSPS) is 10.6. The Bertz CT molecular complexity index is 847. The summed E-state index contributed by atoms with van der Waals surface area (Å²) >= 11 is 0. The van der Waals surface area contributed by atoms with Crippen molar-refractivity contribution in [2.24, 2.45) is 0 Å². The number of ether oxygens (including phenoxy) is 2. The van der Waals surface area contributed by atoms with Gasteiger partial charge in [0, 0.05) is 19.2 Å². The smallest absolute Gasteiger partial charge is 0.257 e. The SMILES string of the molecule is COc1ccccc1OCC(=O)NCCCc1nnc2ccccn12. The molecule has 0 aliphatic heterocycles. The van der Waals surface area contributed by atoms with Crippen molar-refractivity contribution in [2.45, 2.75) is 12.8 Å². The Hall–Kier alpha value is -3.09. The Morgan fingerprint density at radius 2 is 1.92 bits per heavy atom. The van der Waals surface area contributed by atoms with Crippen LogP contribution in [0.25, 0.3) is 5.65 Å². The van der Waals surface area contributed by atoms with Crippen molar-refractivity contribution in [3.05, 3.63) is 54.5 Å². The van der Waals surface area contributed by atoms with Crippen LogP contribution in [0.1, 0.15) is 12.2 Å². The quantitative estimate of drug-likeness (QED) is 0.633. The van der Waals surface area contributed by atoms with Gasteiger partial charge in [0.25, 0.3) is 5.91 Å². The van der Waals surface area contributed by atoms with Crippen LogP contribution >= 0.6 is 0 Å². The average molecular weight is 340 g/mol. The Morgan fingerprint density at radius 1 is 1.12 bits per heavy atom. The van der Waals surface area contributed by atoms with E-state index in [-0.39, 0.29) is 12.5 Å². The van der Waals surface area contributed by atoms with Gasteiger partial charge in [0.15, 0.2) is 23.8 Å². The summed E-state index contributed by atoms with van der Waals surface area (Å²) in [4.78, 5) is 11.9. The molecule has 7 heteroatoms. The number of para-hydroxylation sites is 2. The second-order valence-electron chi connectivity index (χ2n) is 5.44. The van der Waals surface area contributed by atoms with Gasteiger partial charge >= 0.3 is 0 Å². The molecule has 0 bridgehead atoms. The van der Waals surface area contributed by atoms with Crippen LogP contribution in [-0.4, -0.2) is 40.8 Å². The minimum absolute atomic E-state index is 0.0474. The number of pyridine rings is 1. The largest absolute Gasteiger partial charge is 0.493 e. The van der Waals surface area contributed by atoms with Gasteiger partial charge in [-0.15, -0.1) is 10.2 Å². The number of hydrogen-bond acceptors (Lipinski definition) is 5. The maximum Gasteiger partial charge on any atom is 0.257 e. The van der Waals surface area contributed by atoms with E-state index in [2.05, 4.69) is 15.5 Å². The zero-order valence-corrected chi connectivity index (χ0v) is 14.0. The predicted octanol–water partition coefficient (Wildman–Crippen LogP) is 1.87. The van der Waals surface area contributed by atoms with Gasteiger partial charge in [-0.2, -0.15) is 0 Å². The number of carbonyl (C=O) groups is 1. The van der Waals surface area contributed by atoms with E-state index in [1.165, 1.54) is 0 Å². The molecule has 0 radical (unpaired) electrons. The highest BCUT2D eigenvalue weighted by atomic mass is 16.5. The van der Waals surface area contributed by atoms with Gasteiger partial charge in [-0.3, -0.25) is 9.20 Å². The second kappa shape index (κ2) is 8.14. The van der Waals surface area contributed by atoms with Gasteiger partial charge in [-0.05, 0) is 30.7 Å². The van der Waals surface area contributed by atoms with E-state index >= 15 is 0 Å². The Morgan fingerprint density at radius 3 is 2.76 bits per heavy atom. The fourth-order valence-corrected chi connectivity index (χ4v) is 2.47. The van der Waals surface area contributed by atoms with Crippen molar-refractivity contribution in [2.75, 3.05) is 20.3 Å². The molecule has 1 amide bonds. The van der Waals surface area contributed by atoms with Crippen LogP contribution in [0.15, 0.2) is 48.7 Å². The third-order valence-electron chi connectivity index (χ3n) is 3.71. The molecule has 3 rings (SSSR count). The Labute approximate surface area is 145 Å². The number of methoxy groups -OCH3 is 1. The van der Waals surface area contributed by atoms with Gasteiger partial charge in [-0.1, -0.05) is 18.2 Å². The molecule has 0 spiro atoms. The highest BCUT2D eigenvalue weighted by Crippen LogP contribution is 2.25. The molecule has 0 atom stereocenters. The maximum absolute atomic E-state index is 11.9. The van der Waals surface area contributed by atoms with Gasteiger partial charge in [0.1, 0.15) is 5.82 Å². The Kier molecular flexibility index (Phi) is 5.46. The molecule has 2 aromatic heterocycles. The lowest BCUT2D eigenvalue weighted by Gasteiger charge is -2.10. The Balaban J connectivity index is 1.41. The van der Waals surface area contributed by atoms with Crippen molar-refractivity contribution in [3.63, 3.8) is 0 Å². The monoisotopic (exact) mass is 340 g/mol. The van der Waals surface area contributed by atoms with E-state index in [1.54, 1.807) is 19.2 Å². The lowest BCUT2D eigenvalue weighted by molar-refractivity contribution is -0.123. The fourth-order valence-electron chi connectivity index (χ4n) is 2.47. The van der Waals surface area contributed by atoms with Crippen molar-refractivity contribution in [3.8, 4) is 11.5 Å². The molecule has 0 saturated carbocycles. The van der Waals surface area contributed by atoms with Crippen LogP contribution in [0.4, 0.5) is 0 Å². The molecule has 1 N–H and O–H groups in total. The summed E-state index contributed by atoms with van der Waals surface area (Å²) in [6, 6.07) is 13.0. The molecule has 2 heterocycles. The van der Waals surface area contributed by atoms with Crippen molar-refractivity contribution >= 4 is 11.6 Å². The van der Waals surface area contributed by atoms with Crippen molar-refractivity contribution in [1.29, 1.82) is 0 Å². The predicted molar refractivity (Wildman–Crippen MR) is 92.8 cm³/mol. The van der Waals surface area contributed by atoms with Crippen LogP contribution in [-0.2, 0) is 11.2 Å². The zero-order valence-electron chi connectivity index (χ0n) is 14.0. The molecule has 25 heavy (non-hydrogen) atoms. The van der Waals surface area contributed by atoms with Crippen LogP contribution in [0, 0.1) is 0 Å². The van der Waals surface area contributed by atoms with Gasteiger partial charge in [0.2, 0.25) is 0 Å². The van der Waals surface area contributed by atoms with E-state index < -0.39 is 0 Å². The summed E-state index contributed by atoms with van der Waals surface area (Å²) in [5.41, 5.74) is 0.826. The number of benzene rings is 1. The highest BCUT2D eigenvalue weighted by molar-refractivity contribution is 5.77. The number of nitrogens with one attached hydrogen (secondary N) is 1. The van der Waals surface area contributed by atoms with Crippen LogP contribution < -0.4 is 14.8 Å². The number of amides is 1. The van der Waals surface area contributed by atoms with Crippen molar-refractivity contribution in [1.82, 2.24) is 19.9 Å². The molecule has 3 aromatic rings. The molecular weight excluding hydrogens is 320 g/mol. The summed E-state index contributed by atoms with van der Waals surface area (Å²) in [5, 5.41) is 11.1. The first-order valence-corrected chi connectivity index (χ1v) is 8.09. The third kappa shape index (κ3) is 4.26. The summed E-state index contributed by atoms with van der Waals surface area (Å²) < 4.78 is 12.6. The van der Waals surface area contributed by atoms with E-state index in [9.17, 15) is 4.79 Å². The molecule has 0 unspecified atom stereocenters. The van der Waals surface area contributed by atoms with Crippen molar-refractivity contribution < 1.29 is 14.3 Å². The molecular formula is C18H20N4O3. The number of fused-ring (bicyclic) bond motifs is 1. The van der Waals surface area contributed by atoms with Crippen LogP contribution in [0.2, 0.25) is 0 Å². The topological polar surface area (TPSA) is 77.8 Å². The zero-order chi connectivity index (χ0) is 17.5. The fraction of sp³-hybridized carbons (Fsp3) is 0.278. The molecule has 0 fully saturated rings. The maximum atomic E-state index is 11.9. The van der Waals surface area contributed by atoms with Gasteiger partial charge in [0.05, 0.1) is 7.11 Å². The number of hydrogen-bond donors (Lipinski definition) is 1.